The zero-order valence-electron chi connectivity index (χ0n) is 14.0. The molecule has 4 nitrogen and oxygen atoms in total. The van der Waals surface area contributed by atoms with Gasteiger partial charge in [0.05, 0.1) is 0 Å². The summed E-state index contributed by atoms with van der Waals surface area (Å²) in [6.07, 6.45) is 0.451. The van der Waals surface area contributed by atoms with Crippen LogP contribution in [0.2, 0.25) is 0 Å². The molecule has 0 aliphatic heterocycles. The third kappa shape index (κ3) is 5.05. The summed E-state index contributed by atoms with van der Waals surface area (Å²) < 4.78 is 0. The summed E-state index contributed by atoms with van der Waals surface area (Å²) in [5.41, 5.74) is 2.14. The van der Waals surface area contributed by atoms with E-state index in [1.54, 1.807) is 13.1 Å². The quantitative estimate of drug-likeness (QED) is 0.877. The molecule has 1 aromatic carbocycles. The lowest BCUT2D eigenvalue weighted by Gasteiger charge is -2.26. The van der Waals surface area contributed by atoms with Crippen molar-refractivity contribution in [3.05, 3.63) is 29.3 Å². The number of rotatable bonds is 5. The van der Waals surface area contributed by atoms with Gasteiger partial charge in [0.2, 0.25) is 5.91 Å². The van der Waals surface area contributed by atoms with Crippen LogP contribution in [0.4, 0.5) is 0 Å². The molecule has 4 heteroatoms. The van der Waals surface area contributed by atoms with Gasteiger partial charge in [-0.1, -0.05) is 32.9 Å². The molecule has 0 aromatic heterocycles. The highest BCUT2D eigenvalue weighted by atomic mass is 16.3. The topological polar surface area (TPSA) is 52.6 Å². The number of hydrogen-bond donors (Lipinski definition) is 2. The molecule has 21 heavy (non-hydrogen) atoms. The van der Waals surface area contributed by atoms with Crippen molar-refractivity contribution in [3.63, 3.8) is 0 Å². The standard InChI is InChI=1S/C17H28N2O2/c1-12(9-16(21)18-5)19(6)11-13-10-14(17(2,3)4)7-8-15(13)20/h7-8,10,12,20H,9,11H2,1-6H3,(H,18,21)/t12-/m1/s1. The van der Waals surface area contributed by atoms with Crippen LogP contribution in [-0.2, 0) is 16.8 Å². The monoisotopic (exact) mass is 292 g/mol. The third-order valence-corrected chi connectivity index (χ3v) is 3.88. The van der Waals surface area contributed by atoms with E-state index >= 15 is 0 Å². The molecule has 1 amide bonds. The Morgan fingerprint density at radius 3 is 2.52 bits per heavy atom. The van der Waals surface area contributed by atoms with Gasteiger partial charge in [-0.3, -0.25) is 9.69 Å². The van der Waals surface area contributed by atoms with E-state index in [2.05, 4.69) is 37.1 Å². The number of nitrogens with zero attached hydrogens (tertiary/aromatic N) is 1. The first-order chi connectivity index (χ1) is 9.65. The highest BCUT2D eigenvalue weighted by molar-refractivity contribution is 5.76. The average Bonchev–Trinajstić information content (AvgIpc) is 2.39. The largest absolute Gasteiger partial charge is 0.508 e. The Morgan fingerprint density at radius 1 is 1.38 bits per heavy atom. The normalized spacial score (nSPS) is 13.3. The lowest BCUT2D eigenvalue weighted by atomic mass is 9.86. The van der Waals surface area contributed by atoms with Crippen molar-refractivity contribution in [3.8, 4) is 5.75 Å². The Labute approximate surface area is 128 Å². The fourth-order valence-corrected chi connectivity index (χ4v) is 2.13. The lowest BCUT2D eigenvalue weighted by molar-refractivity contribution is -0.121. The molecule has 0 saturated heterocycles. The highest BCUT2D eigenvalue weighted by Gasteiger charge is 2.18. The van der Waals surface area contributed by atoms with E-state index < -0.39 is 0 Å². The molecular formula is C17H28N2O2. The summed E-state index contributed by atoms with van der Waals surface area (Å²) in [4.78, 5) is 13.5. The molecule has 0 saturated carbocycles. The molecule has 0 aliphatic rings. The minimum absolute atomic E-state index is 0.0296. The van der Waals surface area contributed by atoms with E-state index in [1.807, 2.05) is 20.0 Å². The number of aromatic hydroxyl groups is 1. The van der Waals surface area contributed by atoms with Crippen molar-refractivity contribution < 1.29 is 9.90 Å². The molecule has 0 bridgehead atoms. The Bertz CT molecular complexity index is 492. The van der Waals surface area contributed by atoms with Crippen molar-refractivity contribution >= 4 is 5.91 Å². The number of amides is 1. The molecule has 0 aliphatic carbocycles. The molecule has 0 fully saturated rings. The summed E-state index contributed by atoms with van der Waals surface area (Å²) in [6.45, 7) is 9.09. The second-order valence-electron chi connectivity index (χ2n) is 6.73. The van der Waals surface area contributed by atoms with Gasteiger partial charge in [0, 0.05) is 31.6 Å². The van der Waals surface area contributed by atoms with Crippen LogP contribution in [0.25, 0.3) is 0 Å². The van der Waals surface area contributed by atoms with E-state index in [0.717, 1.165) is 5.56 Å². The van der Waals surface area contributed by atoms with Crippen LogP contribution in [0.3, 0.4) is 0 Å². The second kappa shape index (κ2) is 6.94. The minimum Gasteiger partial charge on any atom is -0.508 e. The van der Waals surface area contributed by atoms with Crippen molar-refractivity contribution in [2.75, 3.05) is 14.1 Å². The van der Waals surface area contributed by atoms with Crippen molar-refractivity contribution in [1.82, 2.24) is 10.2 Å². The molecule has 1 atom stereocenters. The van der Waals surface area contributed by atoms with Crippen LogP contribution >= 0.6 is 0 Å². The number of phenolic OH excluding ortho intramolecular Hbond substituents is 1. The summed E-state index contributed by atoms with van der Waals surface area (Å²) in [5.74, 6) is 0.337. The van der Waals surface area contributed by atoms with Crippen molar-refractivity contribution in [2.24, 2.45) is 0 Å². The van der Waals surface area contributed by atoms with Crippen molar-refractivity contribution in [2.45, 2.75) is 52.1 Å². The van der Waals surface area contributed by atoms with Crippen LogP contribution in [0, 0.1) is 0 Å². The summed E-state index contributed by atoms with van der Waals surface area (Å²) in [7, 11) is 3.62. The summed E-state index contributed by atoms with van der Waals surface area (Å²) in [5, 5.41) is 12.7. The Balaban J connectivity index is 2.84. The molecule has 0 unspecified atom stereocenters. The number of carbonyl (C=O) groups is 1. The van der Waals surface area contributed by atoms with Crippen LogP contribution in [0.5, 0.6) is 5.75 Å². The third-order valence-electron chi connectivity index (χ3n) is 3.88. The number of benzene rings is 1. The summed E-state index contributed by atoms with van der Waals surface area (Å²) >= 11 is 0. The zero-order chi connectivity index (χ0) is 16.2. The molecule has 1 rings (SSSR count). The fraction of sp³-hybridized carbons (Fsp3) is 0.588. The Hall–Kier alpha value is -1.55. The van der Waals surface area contributed by atoms with Crippen LogP contribution in [-0.4, -0.2) is 36.1 Å². The Kier molecular flexibility index (Phi) is 5.78. The van der Waals surface area contributed by atoms with Crippen LogP contribution in [0.15, 0.2) is 18.2 Å². The first-order valence-corrected chi connectivity index (χ1v) is 7.38. The molecule has 0 heterocycles. The first-order valence-electron chi connectivity index (χ1n) is 7.38. The maximum atomic E-state index is 11.4. The van der Waals surface area contributed by atoms with Gasteiger partial charge in [-0.25, -0.2) is 0 Å². The highest BCUT2D eigenvalue weighted by Crippen LogP contribution is 2.28. The van der Waals surface area contributed by atoms with Crippen molar-refractivity contribution in [1.29, 1.82) is 0 Å². The van der Waals surface area contributed by atoms with Gasteiger partial charge in [0.1, 0.15) is 5.75 Å². The van der Waals surface area contributed by atoms with Gasteiger partial charge in [-0.05, 0) is 31.0 Å². The minimum atomic E-state index is 0.0296. The van der Waals surface area contributed by atoms with E-state index in [0.29, 0.717) is 18.7 Å². The van der Waals surface area contributed by atoms with Crippen LogP contribution < -0.4 is 5.32 Å². The molecule has 0 radical (unpaired) electrons. The molecule has 1 aromatic rings. The SMILES string of the molecule is CNC(=O)C[C@@H](C)N(C)Cc1cc(C(C)(C)C)ccc1O. The maximum Gasteiger partial charge on any atom is 0.221 e. The second-order valence-corrected chi connectivity index (χ2v) is 6.73. The van der Waals surface area contributed by atoms with E-state index in [9.17, 15) is 9.90 Å². The number of phenols is 1. The van der Waals surface area contributed by atoms with E-state index in [1.165, 1.54) is 5.56 Å². The average molecular weight is 292 g/mol. The zero-order valence-corrected chi connectivity index (χ0v) is 14.0. The molecule has 0 spiro atoms. The maximum absolute atomic E-state index is 11.4. The van der Waals surface area contributed by atoms with Gasteiger partial charge < -0.3 is 10.4 Å². The van der Waals surface area contributed by atoms with Crippen LogP contribution in [0.1, 0.15) is 45.2 Å². The lowest BCUT2D eigenvalue weighted by Crippen LogP contribution is -2.33. The number of carbonyl (C=O) groups excluding carboxylic acids is 1. The molecule has 118 valence electrons. The van der Waals surface area contributed by atoms with Gasteiger partial charge in [-0.15, -0.1) is 0 Å². The van der Waals surface area contributed by atoms with E-state index in [-0.39, 0.29) is 17.4 Å². The number of nitrogens with one attached hydrogen (secondary N) is 1. The molecular weight excluding hydrogens is 264 g/mol. The smallest absolute Gasteiger partial charge is 0.221 e. The van der Waals surface area contributed by atoms with Gasteiger partial charge in [0.15, 0.2) is 0 Å². The molecule has 2 N–H and O–H groups in total. The van der Waals surface area contributed by atoms with E-state index in [4.69, 9.17) is 0 Å². The van der Waals surface area contributed by atoms with Gasteiger partial charge in [-0.2, -0.15) is 0 Å². The fourth-order valence-electron chi connectivity index (χ4n) is 2.13. The first kappa shape index (κ1) is 17.5. The predicted molar refractivity (Wildman–Crippen MR) is 86.4 cm³/mol. The Morgan fingerprint density at radius 2 is 2.00 bits per heavy atom. The van der Waals surface area contributed by atoms with Gasteiger partial charge >= 0.3 is 0 Å². The predicted octanol–water partition coefficient (Wildman–Crippen LogP) is 2.65. The van der Waals surface area contributed by atoms with Gasteiger partial charge in [0.25, 0.3) is 0 Å². The number of hydrogen-bond acceptors (Lipinski definition) is 3. The summed E-state index contributed by atoms with van der Waals surface area (Å²) in [6, 6.07) is 5.89.